The van der Waals surface area contributed by atoms with Crippen LogP contribution in [-0.4, -0.2) is 0 Å². The van der Waals surface area contributed by atoms with Gasteiger partial charge in [0, 0.05) is 12.1 Å². The molecule has 2 heteroatoms. The highest BCUT2D eigenvalue weighted by Crippen LogP contribution is 2.35. The van der Waals surface area contributed by atoms with Gasteiger partial charge in [-0.1, -0.05) is 48.2 Å². The lowest BCUT2D eigenvalue weighted by Gasteiger charge is -2.16. The van der Waals surface area contributed by atoms with Gasteiger partial charge in [0.1, 0.15) is 0 Å². The molecule has 0 saturated heterocycles. The molecule has 0 bridgehead atoms. The molecule has 0 amide bonds. The van der Waals surface area contributed by atoms with Gasteiger partial charge in [0.2, 0.25) is 5.69 Å². The molecule has 100 valence electrons. The molecular formula is C19H13NO. The molecule has 4 aromatic rings. The molecule has 1 heterocycles. The van der Waals surface area contributed by atoms with Gasteiger partial charge < -0.3 is 5.11 Å². The summed E-state index contributed by atoms with van der Waals surface area (Å²) in [4.78, 5) is 0. The van der Waals surface area contributed by atoms with E-state index in [0.717, 1.165) is 27.2 Å². The zero-order chi connectivity index (χ0) is 14.2. The monoisotopic (exact) mass is 271 g/mol. The molecule has 0 unspecified atom stereocenters. The summed E-state index contributed by atoms with van der Waals surface area (Å²) in [5.41, 5.74) is 1.06. The van der Waals surface area contributed by atoms with Crippen LogP contribution in [0.1, 0.15) is 0 Å². The van der Waals surface area contributed by atoms with Gasteiger partial charge in [-0.05, 0) is 22.9 Å². The average molecular weight is 271 g/mol. The zero-order valence-corrected chi connectivity index (χ0v) is 11.4. The third-order valence-electron chi connectivity index (χ3n) is 3.83. The predicted molar refractivity (Wildman–Crippen MR) is 82.4 cm³/mol. The normalized spacial score (nSPS) is 11.0. The molecule has 0 saturated carbocycles. The number of aromatic nitrogens is 1. The van der Waals surface area contributed by atoms with E-state index in [9.17, 15) is 5.11 Å². The van der Waals surface area contributed by atoms with Gasteiger partial charge in [0.25, 0.3) is 0 Å². The lowest BCUT2D eigenvalue weighted by molar-refractivity contribution is -0.592. The first-order valence-electron chi connectivity index (χ1n) is 6.93. The van der Waals surface area contributed by atoms with Gasteiger partial charge in [-0.2, -0.15) is 4.57 Å². The second-order valence-electron chi connectivity index (χ2n) is 5.05. The number of pyridine rings is 1. The Morgan fingerprint density at radius 1 is 0.571 bits per heavy atom. The van der Waals surface area contributed by atoms with Crippen LogP contribution in [0.2, 0.25) is 0 Å². The van der Waals surface area contributed by atoms with Crippen molar-refractivity contribution in [1.82, 2.24) is 0 Å². The van der Waals surface area contributed by atoms with Gasteiger partial charge in [-0.25, -0.2) is 0 Å². The number of benzene rings is 3. The minimum atomic E-state index is 0.0986. The van der Waals surface area contributed by atoms with Gasteiger partial charge >= 0.3 is 0 Å². The molecule has 0 aliphatic carbocycles. The van der Waals surface area contributed by atoms with Crippen LogP contribution in [-0.2, 0) is 0 Å². The van der Waals surface area contributed by atoms with Crippen molar-refractivity contribution in [3.05, 3.63) is 79.1 Å². The Kier molecular flexibility index (Phi) is 2.61. The number of fused-ring (bicyclic) bond motifs is 2. The summed E-state index contributed by atoms with van der Waals surface area (Å²) in [7, 11) is 0. The maximum absolute atomic E-state index is 12.7. The Morgan fingerprint density at radius 3 is 1.57 bits per heavy atom. The van der Waals surface area contributed by atoms with Crippen molar-refractivity contribution >= 4 is 21.5 Å². The minimum Gasteiger partial charge on any atom is -0.872 e. The molecule has 0 fully saturated rings. The lowest BCUT2D eigenvalue weighted by Crippen LogP contribution is -2.29. The first-order chi connectivity index (χ1) is 10.4. The standard InChI is InChI=1S/C19H13NO/c21-19-16-10-4-2-8-14(16)18(20-12-6-1-7-13-20)15-9-3-5-11-17(15)19/h1-13H. The molecule has 0 N–H and O–H groups in total. The van der Waals surface area contributed by atoms with Crippen LogP contribution in [0, 0.1) is 0 Å². The molecule has 0 aliphatic heterocycles. The van der Waals surface area contributed by atoms with E-state index in [4.69, 9.17) is 0 Å². The molecule has 3 aromatic carbocycles. The van der Waals surface area contributed by atoms with Crippen LogP contribution >= 0.6 is 0 Å². The maximum Gasteiger partial charge on any atom is 0.226 e. The van der Waals surface area contributed by atoms with E-state index in [-0.39, 0.29) is 5.75 Å². The molecule has 4 rings (SSSR count). The summed E-state index contributed by atoms with van der Waals surface area (Å²) in [6.45, 7) is 0. The largest absolute Gasteiger partial charge is 0.872 e. The molecule has 0 radical (unpaired) electrons. The van der Waals surface area contributed by atoms with Crippen molar-refractivity contribution in [2.24, 2.45) is 0 Å². The highest BCUT2D eigenvalue weighted by atomic mass is 16.3. The highest BCUT2D eigenvalue weighted by Gasteiger charge is 2.16. The van der Waals surface area contributed by atoms with Crippen LogP contribution in [0.15, 0.2) is 79.1 Å². The quantitative estimate of drug-likeness (QED) is 0.385. The Balaban J connectivity index is 2.28. The summed E-state index contributed by atoms with van der Waals surface area (Å²) in [5, 5.41) is 16.2. The molecule has 0 atom stereocenters. The van der Waals surface area contributed by atoms with Crippen LogP contribution in [0.5, 0.6) is 5.75 Å². The van der Waals surface area contributed by atoms with Crippen molar-refractivity contribution in [1.29, 1.82) is 0 Å². The Bertz CT molecular complexity index is 888. The fourth-order valence-electron chi connectivity index (χ4n) is 2.89. The molecule has 0 aliphatic rings. The predicted octanol–water partition coefficient (Wildman–Crippen LogP) is 3.34. The second-order valence-corrected chi connectivity index (χ2v) is 5.05. The van der Waals surface area contributed by atoms with E-state index < -0.39 is 0 Å². The van der Waals surface area contributed by atoms with Crippen LogP contribution < -0.4 is 9.67 Å². The van der Waals surface area contributed by atoms with Gasteiger partial charge in [-0.15, -0.1) is 0 Å². The van der Waals surface area contributed by atoms with E-state index in [2.05, 4.69) is 4.57 Å². The summed E-state index contributed by atoms with van der Waals surface area (Å²) >= 11 is 0. The Hall–Kier alpha value is -2.87. The second kappa shape index (κ2) is 4.60. The number of rotatable bonds is 1. The zero-order valence-electron chi connectivity index (χ0n) is 11.4. The van der Waals surface area contributed by atoms with Crippen molar-refractivity contribution < 1.29 is 9.67 Å². The topological polar surface area (TPSA) is 26.9 Å². The Labute approximate surface area is 122 Å². The maximum atomic E-state index is 12.7. The van der Waals surface area contributed by atoms with Crippen molar-refractivity contribution in [2.75, 3.05) is 0 Å². The summed E-state index contributed by atoms with van der Waals surface area (Å²) in [6, 6.07) is 21.6. The summed E-state index contributed by atoms with van der Waals surface area (Å²) < 4.78 is 2.07. The van der Waals surface area contributed by atoms with E-state index in [1.165, 1.54) is 0 Å². The summed E-state index contributed by atoms with van der Waals surface area (Å²) in [5.74, 6) is 0.0986. The van der Waals surface area contributed by atoms with E-state index in [1.807, 2.05) is 79.1 Å². The van der Waals surface area contributed by atoms with Gasteiger partial charge in [0.05, 0.1) is 10.8 Å². The number of nitrogens with zero attached hydrogens (tertiary/aromatic N) is 1. The fourth-order valence-corrected chi connectivity index (χ4v) is 2.89. The first-order valence-corrected chi connectivity index (χ1v) is 6.93. The molecule has 21 heavy (non-hydrogen) atoms. The minimum absolute atomic E-state index is 0.0986. The average Bonchev–Trinajstić information content (AvgIpc) is 2.56. The molecule has 0 spiro atoms. The number of hydrogen-bond acceptors (Lipinski definition) is 1. The Morgan fingerprint density at radius 2 is 1.05 bits per heavy atom. The first kappa shape index (κ1) is 11.9. The van der Waals surface area contributed by atoms with Crippen molar-refractivity contribution in [3.8, 4) is 11.4 Å². The van der Waals surface area contributed by atoms with Crippen molar-refractivity contribution in [2.45, 2.75) is 0 Å². The van der Waals surface area contributed by atoms with Gasteiger partial charge in [0.15, 0.2) is 12.4 Å². The SMILES string of the molecule is [O-]c1c2ccccc2c(-[n+]2ccccc2)c2ccccc12. The lowest BCUT2D eigenvalue weighted by atomic mass is 9.99. The molecule has 1 aromatic heterocycles. The van der Waals surface area contributed by atoms with E-state index >= 15 is 0 Å². The molecule has 2 nitrogen and oxygen atoms in total. The van der Waals surface area contributed by atoms with E-state index in [0.29, 0.717) is 0 Å². The highest BCUT2D eigenvalue weighted by molar-refractivity contribution is 6.10. The third-order valence-corrected chi connectivity index (χ3v) is 3.83. The van der Waals surface area contributed by atoms with Crippen molar-refractivity contribution in [3.63, 3.8) is 0 Å². The molecular weight excluding hydrogens is 258 g/mol. The summed E-state index contributed by atoms with van der Waals surface area (Å²) in [6.07, 6.45) is 4.03. The smallest absolute Gasteiger partial charge is 0.226 e. The van der Waals surface area contributed by atoms with Crippen LogP contribution in [0.3, 0.4) is 0 Å². The fraction of sp³-hybridized carbons (Fsp3) is 0. The third kappa shape index (κ3) is 1.77. The van der Waals surface area contributed by atoms with Crippen LogP contribution in [0.4, 0.5) is 0 Å². The van der Waals surface area contributed by atoms with Gasteiger partial charge in [-0.3, -0.25) is 0 Å². The number of hydrogen-bond donors (Lipinski definition) is 0. The van der Waals surface area contributed by atoms with E-state index in [1.54, 1.807) is 0 Å². The van der Waals surface area contributed by atoms with Crippen LogP contribution in [0.25, 0.3) is 27.2 Å².